The highest BCUT2D eigenvalue weighted by Crippen LogP contribution is 2.23. The predicted octanol–water partition coefficient (Wildman–Crippen LogP) is 4.42. The molecular formula is C14H12BrFN2O2. The molecule has 20 heavy (non-hydrogen) atoms. The number of hydrogen-bond acceptors (Lipinski definition) is 3. The van der Waals surface area contributed by atoms with Gasteiger partial charge in [0.25, 0.3) is 5.69 Å². The van der Waals surface area contributed by atoms with E-state index >= 15 is 0 Å². The second-order valence-corrected chi connectivity index (χ2v) is 5.20. The topological polar surface area (TPSA) is 55.2 Å². The van der Waals surface area contributed by atoms with Crippen LogP contribution in [0.15, 0.2) is 40.9 Å². The fraction of sp³-hybridized carbons (Fsp3) is 0.143. The molecule has 0 radical (unpaired) electrons. The van der Waals surface area contributed by atoms with E-state index in [1.165, 1.54) is 18.2 Å². The first kappa shape index (κ1) is 14.5. The molecular weight excluding hydrogens is 327 g/mol. The number of hydrogen-bond donors (Lipinski definition) is 1. The summed E-state index contributed by atoms with van der Waals surface area (Å²) in [6.45, 7) is 2.11. The van der Waals surface area contributed by atoms with Crippen molar-refractivity contribution in [2.45, 2.75) is 13.5 Å². The molecule has 2 rings (SSSR count). The van der Waals surface area contributed by atoms with E-state index in [1.807, 2.05) is 0 Å². The van der Waals surface area contributed by atoms with E-state index in [4.69, 9.17) is 0 Å². The molecule has 0 aliphatic rings. The van der Waals surface area contributed by atoms with Gasteiger partial charge in [-0.1, -0.05) is 15.9 Å². The number of nitrogens with one attached hydrogen (secondary N) is 1. The van der Waals surface area contributed by atoms with E-state index in [9.17, 15) is 14.5 Å². The first-order valence-electron chi connectivity index (χ1n) is 5.90. The van der Waals surface area contributed by atoms with Crippen LogP contribution in [0.2, 0.25) is 0 Å². The van der Waals surface area contributed by atoms with Crippen LogP contribution in [-0.4, -0.2) is 4.92 Å². The zero-order valence-corrected chi connectivity index (χ0v) is 12.3. The Bertz CT molecular complexity index is 662. The van der Waals surface area contributed by atoms with Crippen molar-refractivity contribution in [2.24, 2.45) is 0 Å². The second-order valence-electron chi connectivity index (χ2n) is 4.35. The summed E-state index contributed by atoms with van der Waals surface area (Å²) in [6, 6.07) is 9.26. The lowest BCUT2D eigenvalue weighted by atomic mass is 10.1. The smallest absolute Gasteiger partial charge is 0.272 e. The molecule has 1 N–H and O–H groups in total. The maximum Gasteiger partial charge on any atom is 0.272 e. The van der Waals surface area contributed by atoms with Gasteiger partial charge in [-0.2, -0.15) is 0 Å². The minimum atomic E-state index is -0.414. The maximum atomic E-state index is 13.2. The zero-order chi connectivity index (χ0) is 14.7. The fourth-order valence-corrected chi connectivity index (χ4v) is 2.23. The summed E-state index contributed by atoms with van der Waals surface area (Å²) < 4.78 is 14.0. The molecule has 2 aromatic rings. The predicted molar refractivity (Wildman–Crippen MR) is 79.3 cm³/mol. The molecule has 4 nitrogen and oxygen atoms in total. The molecule has 0 atom stereocenters. The van der Waals surface area contributed by atoms with Crippen LogP contribution in [-0.2, 0) is 6.54 Å². The first-order chi connectivity index (χ1) is 9.47. The number of halogens is 2. The van der Waals surface area contributed by atoms with Crippen molar-refractivity contribution in [1.29, 1.82) is 0 Å². The molecule has 104 valence electrons. The van der Waals surface area contributed by atoms with Crippen LogP contribution in [0.1, 0.15) is 11.1 Å². The van der Waals surface area contributed by atoms with Crippen molar-refractivity contribution >= 4 is 27.3 Å². The monoisotopic (exact) mass is 338 g/mol. The number of benzene rings is 2. The molecule has 2 aromatic carbocycles. The highest BCUT2D eigenvalue weighted by Gasteiger charge is 2.10. The summed E-state index contributed by atoms with van der Waals surface area (Å²) in [5, 5.41) is 13.8. The molecule has 0 heterocycles. The van der Waals surface area contributed by atoms with Gasteiger partial charge in [-0.05, 0) is 42.8 Å². The number of nitrogens with zero attached hydrogens (tertiary/aromatic N) is 1. The molecule has 0 bridgehead atoms. The summed E-state index contributed by atoms with van der Waals surface area (Å²) in [5.74, 6) is -0.301. The minimum absolute atomic E-state index is 0.0856. The Hall–Kier alpha value is -1.95. The molecule has 0 unspecified atom stereocenters. The molecule has 0 aliphatic heterocycles. The third-order valence-corrected chi connectivity index (χ3v) is 3.66. The van der Waals surface area contributed by atoms with Crippen LogP contribution < -0.4 is 5.32 Å². The van der Waals surface area contributed by atoms with Gasteiger partial charge >= 0.3 is 0 Å². The molecule has 0 spiro atoms. The van der Waals surface area contributed by atoms with E-state index in [2.05, 4.69) is 21.2 Å². The number of aryl methyl sites for hydroxylation is 1. The standard InChI is InChI=1S/C14H12BrFN2O2/c1-9-6-12(3-5-14(9)18(19)20)17-8-10-7-11(16)2-4-13(10)15/h2-7,17H,8H2,1H3. The Balaban J connectivity index is 2.13. The number of nitro groups is 1. The normalized spacial score (nSPS) is 10.3. The zero-order valence-electron chi connectivity index (χ0n) is 10.7. The third-order valence-electron chi connectivity index (χ3n) is 2.88. The lowest BCUT2D eigenvalue weighted by molar-refractivity contribution is -0.385. The van der Waals surface area contributed by atoms with E-state index in [-0.39, 0.29) is 11.5 Å². The Morgan fingerprint density at radius 1 is 1.30 bits per heavy atom. The average Bonchev–Trinajstić information content (AvgIpc) is 2.39. The second kappa shape index (κ2) is 6.00. The average molecular weight is 339 g/mol. The van der Waals surface area contributed by atoms with Gasteiger partial charge in [-0.15, -0.1) is 0 Å². The van der Waals surface area contributed by atoms with Crippen molar-refractivity contribution in [1.82, 2.24) is 0 Å². The Kier molecular flexibility index (Phi) is 4.34. The van der Waals surface area contributed by atoms with E-state index in [0.29, 0.717) is 12.1 Å². The fourth-order valence-electron chi connectivity index (χ4n) is 1.85. The van der Waals surface area contributed by atoms with Crippen LogP contribution in [0.5, 0.6) is 0 Å². The third kappa shape index (κ3) is 3.33. The van der Waals surface area contributed by atoms with Crippen LogP contribution in [0.4, 0.5) is 15.8 Å². The van der Waals surface area contributed by atoms with Crippen molar-refractivity contribution < 1.29 is 9.31 Å². The minimum Gasteiger partial charge on any atom is -0.381 e. The maximum absolute atomic E-state index is 13.2. The van der Waals surface area contributed by atoms with Gasteiger partial charge in [0.15, 0.2) is 0 Å². The SMILES string of the molecule is Cc1cc(NCc2cc(F)ccc2Br)ccc1[N+](=O)[O-]. The molecule has 0 aliphatic carbocycles. The van der Waals surface area contributed by atoms with Gasteiger partial charge in [0.1, 0.15) is 5.82 Å². The Morgan fingerprint density at radius 3 is 2.70 bits per heavy atom. The molecule has 0 saturated carbocycles. The van der Waals surface area contributed by atoms with Gasteiger partial charge < -0.3 is 5.32 Å². The summed E-state index contributed by atoms with van der Waals surface area (Å²) in [6.07, 6.45) is 0. The van der Waals surface area contributed by atoms with Gasteiger partial charge in [0.05, 0.1) is 4.92 Å². The van der Waals surface area contributed by atoms with Gasteiger partial charge in [0, 0.05) is 28.3 Å². The lowest BCUT2D eigenvalue weighted by Gasteiger charge is -2.09. The molecule has 0 saturated heterocycles. The van der Waals surface area contributed by atoms with Crippen LogP contribution in [0.25, 0.3) is 0 Å². The van der Waals surface area contributed by atoms with E-state index in [0.717, 1.165) is 15.7 Å². The van der Waals surface area contributed by atoms with Crippen LogP contribution in [0.3, 0.4) is 0 Å². The summed E-state index contributed by atoms with van der Waals surface area (Å²) >= 11 is 3.35. The van der Waals surface area contributed by atoms with Gasteiger partial charge in [-0.3, -0.25) is 10.1 Å². The number of nitro benzene ring substituents is 1. The lowest BCUT2D eigenvalue weighted by Crippen LogP contribution is -2.01. The van der Waals surface area contributed by atoms with Crippen molar-refractivity contribution in [3.05, 3.63) is 67.9 Å². The number of anilines is 1. The van der Waals surface area contributed by atoms with Gasteiger partial charge in [-0.25, -0.2) is 4.39 Å². The summed E-state index contributed by atoms with van der Waals surface area (Å²) in [7, 11) is 0. The molecule has 0 aromatic heterocycles. The molecule has 0 fully saturated rings. The molecule has 6 heteroatoms. The first-order valence-corrected chi connectivity index (χ1v) is 6.69. The largest absolute Gasteiger partial charge is 0.381 e. The summed E-state index contributed by atoms with van der Waals surface area (Å²) in [5.41, 5.74) is 2.20. The van der Waals surface area contributed by atoms with Crippen molar-refractivity contribution in [3.63, 3.8) is 0 Å². The van der Waals surface area contributed by atoms with Crippen LogP contribution in [0, 0.1) is 22.9 Å². The Morgan fingerprint density at radius 2 is 2.05 bits per heavy atom. The van der Waals surface area contributed by atoms with Crippen molar-refractivity contribution in [3.8, 4) is 0 Å². The van der Waals surface area contributed by atoms with Crippen molar-refractivity contribution in [2.75, 3.05) is 5.32 Å². The van der Waals surface area contributed by atoms with Gasteiger partial charge in [0.2, 0.25) is 0 Å². The number of rotatable bonds is 4. The van der Waals surface area contributed by atoms with E-state index in [1.54, 1.807) is 25.1 Å². The quantitative estimate of drug-likeness (QED) is 0.663. The molecule has 0 amide bonds. The van der Waals surface area contributed by atoms with Crippen LogP contribution >= 0.6 is 15.9 Å². The Labute approximate surface area is 123 Å². The summed E-state index contributed by atoms with van der Waals surface area (Å²) in [4.78, 5) is 10.3. The highest BCUT2D eigenvalue weighted by molar-refractivity contribution is 9.10. The van der Waals surface area contributed by atoms with E-state index < -0.39 is 4.92 Å². The highest BCUT2D eigenvalue weighted by atomic mass is 79.9.